The third kappa shape index (κ3) is 3.59. The van der Waals surface area contributed by atoms with Crippen LogP contribution in [0.2, 0.25) is 0 Å². The molecule has 0 bridgehead atoms. The molecule has 0 heterocycles. The van der Waals surface area contributed by atoms with Gasteiger partial charge in [0.2, 0.25) is 0 Å². The van der Waals surface area contributed by atoms with Gasteiger partial charge in [-0.15, -0.1) is 0 Å². The van der Waals surface area contributed by atoms with Crippen LogP contribution in [0, 0.1) is 11.8 Å². The fraction of sp³-hybridized carbons (Fsp3) is 0.588. The molecular weight excluding hydrogens is 236 g/mol. The van der Waals surface area contributed by atoms with Crippen molar-refractivity contribution in [3.8, 4) is 5.75 Å². The third-order valence-corrected chi connectivity index (χ3v) is 4.10. The van der Waals surface area contributed by atoms with E-state index < -0.39 is 0 Å². The Bertz CT molecular complexity index is 408. The molecule has 2 heteroatoms. The van der Waals surface area contributed by atoms with Gasteiger partial charge in [0.05, 0.1) is 6.61 Å². The molecule has 1 aliphatic rings. The maximum atomic E-state index is 12.4. The van der Waals surface area contributed by atoms with Gasteiger partial charge in [-0.2, -0.15) is 0 Å². The Morgan fingerprint density at radius 1 is 1.21 bits per heavy atom. The highest BCUT2D eigenvalue weighted by Gasteiger charge is 2.29. The highest BCUT2D eigenvalue weighted by atomic mass is 16.5. The molecule has 0 aromatic heterocycles. The van der Waals surface area contributed by atoms with E-state index in [1.54, 1.807) is 0 Å². The van der Waals surface area contributed by atoms with E-state index in [-0.39, 0.29) is 5.92 Å². The summed E-state index contributed by atoms with van der Waals surface area (Å²) in [6, 6.07) is 7.64. The summed E-state index contributed by atoms with van der Waals surface area (Å²) >= 11 is 0. The zero-order valence-corrected chi connectivity index (χ0v) is 12.0. The van der Waals surface area contributed by atoms with E-state index in [0.29, 0.717) is 5.78 Å². The molecule has 0 radical (unpaired) electrons. The summed E-state index contributed by atoms with van der Waals surface area (Å²) < 4.78 is 5.54. The van der Waals surface area contributed by atoms with Gasteiger partial charge >= 0.3 is 0 Å². The second-order valence-electron chi connectivity index (χ2n) is 5.52. The second kappa shape index (κ2) is 6.74. The van der Waals surface area contributed by atoms with E-state index in [0.717, 1.165) is 43.1 Å². The third-order valence-electron chi connectivity index (χ3n) is 4.10. The molecule has 0 N–H and O–H groups in total. The van der Waals surface area contributed by atoms with Crippen LogP contribution in [-0.2, 0) is 0 Å². The lowest BCUT2D eigenvalue weighted by molar-refractivity contribution is 0.0920. The first-order valence-corrected chi connectivity index (χ1v) is 7.51. The molecule has 1 aromatic rings. The number of benzene rings is 1. The Hall–Kier alpha value is -1.31. The van der Waals surface area contributed by atoms with Crippen molar-refractivity contribution < 1.29 is 9.53 Å². The lowest BCUT2D eigenvalue weighted by Crippen LogP contribution is -2.11. The average Bonchev–Trinajstić information content (AvgIpc) is 2.94. The van der Waals surface area contributed by atoms with Crippen LogP contribution in [0.15, 0.2) is 24.3 Å². The molecule has 1 aliphatic carbocycles. The fourth-order valence-corrected chi connectivity index (χ4v) is 2.85. The molecule has 0 aliphatic heterocycles. The Morgan fingerprint density at radius 2 is 1.95 bits per heavy atom. The van der Waals surface area contributed by atoms with Crippen molar-refractivity contribution in [1.82, 2.24) is 0 Å². The average molecular weight is 260 g/mol. The molecule has 2 nitrogen and oxygen atoms in total. The van der Waals surface area contributed by atoms with Gasteiger partial charge in [-0.3, -0.25) is 4.79 Å². The minimum atomic E-state index is 0.243. The van der Waals surface area contributed by atoms with E-state index in [1.165, 1.54) is 12.8 Å². The molecule has 1 aromatic carbocycles. The summed E-state index contributed by atoms with van der Waals surface area (Å²) in [5.41, 5.74) is 0.839. The molecule has 2 rings (SSSR count). The predicted octanol–water partition coefficient (Wildman–Crippen LogP) is 4.48. The Balaban J connectivity index is 1.96. The quantitative estimate of drug-likeness (QED) is 0.705. The molecule has 19 heavy (non-hydrogen) atoms. The smallest absolute Gasteiger partial charge is 0.165 e. The lowest BCUT2D eigenvalue weighted by atomic mass is 9.94. The van der Waals surface area contributed by atoms with Gasteiger partial charge in [0.25, 0.3) is 0 Å². The summed E-state index contributed by atoms with van der Waals surface area (Å²) in [5, 5.41) is 0. The van der Waals surface area contributed by atoms with Gasteiger partial charge in [-0.05, 0) is 55.9 Å². The van der Waals surface area contributed by atoms with Gasteiger partial charge in [-0.1, -0.05) is 20.3 Å². The SMILES string of the molecule is CCCOc1ccc(C(=O)C2CCC(CC)C2)cc1. The molecule has 0 saturated heterocycles. The Labute approximate surface area is 116 Å². The normalized spacial score (nSPS) is 22.4. The molecule has 1 fully saturated rings. The summed E-state index contributed by atoms with van der Waals surface area (Å²) in [7, 11) is 0. The van der Waals surface area contributed by atoms with Gasteiger partial charge in [0.1, 0.15) is 5.75 Å². The van der Waals surface area contributed by atoms with Crippen molar-refractivity contribution in [3.05, 3.63) is 29.8 Å². The fourth-order valence-electron chi connectivity index (χ4n) is 2.85. The Kier molecular flexibility index (Phi) is 5.00. The number of hydrogen-bond acceptors (Lipinski definition) is 2. The van der Waals surface area contributed by atoms with Crippen molar-refractivity contribution in [2.75, 3.05) is 6.61 Å². The first-order valence-electron chi connectivity index (χ1n) is 7.51. The summed E-state index contributed by atoms with van der Waals surface area (Å²) in [6.07, 6.45) is 5.55. The van der Waals surface area contributed by atoms with Gasteiger partial charge in [0, 0.05) is 11.5 Å². The minimum Gasteiger partial charge on any atom is -0.494 e. The van der Waals surface area contributed by atoms with Crippen LogP contribution in [0.5, 0.6) is 5.75 Å². The number of rotatable bonds is 6. The van der Waals surface area contributed by atoms with Crippen LogP contribution in [0.3, 0.4) is 0 Å². The number of carbonyl (C=O) groups excluding carboxylic acids is 1. The number of ether oxygens (including phenoxy) is 1. The molecular formula is C17H24O2. The van der Waals surface area contributed by atoms with E-state index >= 15 is 0 Å². The van der Waals surface area contributed by atoms with E-state index in [9.17, 15) is 4.79 Å². The summed E-state index contributed by atoms with van der Waals surface area (Å²) in [6.45, 7) is 5.04. The highest BCUT2D eigenvalue weighted by molar-refractivity contribution is 5.98. The van der Waals surface area contributed by atoms with E-state index in [1.807, 2.05) is 24.3 Å². The zero-order valence-electron chi connectivity index (χ0n) is 12.0. The monoisotopic (exact) mass is 260 g/mol. The molecule has 104 valence electrons. The zero-order chi connectivity index (χ0) is 13.7. The second-order valence-corrected chi connectivity index (χ2v) is 5.52. The van der Waals surface area contributed by atoms with Crippen LogP contribution in [0.25, 0.3) is 0 Å². The topological polar surface area (TPSA) is 26.3 Å². The summed E-state index contributed by atoms with van der Waals surface area (Å²) in [4.78, 5) is 12.4. The van der Waals surface area contributed by atoms with Crippen molar-refractivity contribution in [3.63, 3.8) is 0 Å². The van der Waals surface area contributed by atoms with Crippen LogP contribution < -0.4 is 4.74 Å². The van der Waals surface area contributed by atoms with Crippen LogP contribution in [-0.4, -0.2) is 12.4 Å². The molecule has 0 spiro atoms. The molecule has 2 unspecified atom stereocenters. The van der Waals surface area contributed by atoms with Crippen LogP contribution in [0.1, 0.15) is 56.3 Å². The molecule has 1 saturated carbocycles. The van der Waals surface area contributed by atoms with Gasteiger partial charge in [0.15, 0.2) is 5.78 Å². The predicted molar refractivity (Wildman–Crippen MR) is 77.7 cm³/mol. The van der Waals surface area contributed by atoms with Crippen molar-refractivity contribution in [1.29, 1.82) is 0 Å². The van der Waals surface area contributed by atoms with Crippen LogP contribution in [0.4, 0.5) is 0 Å². The van der Waals surface area contributed by atoms with Crippen molar-refractivity contribution >= 4 is 5.78 Å². The first-order chi connectivity index (χ1) is 9.24. The highest BCUT2D eigenvalue weighted by Crippen LogP contribution is 2.35. The minimum absolute atomic E-state index is 0.243. The molecule has 0 amide bonds. The number of hydrogen-bond donors (Lipinski definition) is 0. The first kappa shape index (κ1) is 14.1. The van der Waals surface area contributed by atoms with Gasteiger partial charge < -0.3 is 4.74 Å². The summed E-state index contributed by atoms with van der Waals surface area (Å²) in [5.74, 6) is 2.17. The molecule has 2 atom stereocenters. The van der Waals surface area contributed by atoms with Crippen LogP contribution >= 0.6 is 0 Å². The number of carbonyl (C=O) groups is 1. The van der Waals surface area contributed by atoms with Gasteiger partial charge in [-0.25, -0.2) is 0 Å². The van der Waals surface area contributed by atoms with E-state index in [4.69, 9.17) is 4.74 Å². The standard InChI is InChI=1S/C17H24O2/c1-3-11-19-16-9-7-14(8-10-16)17(18)15-6-5-13(4-2)12-15/h7-10,13,15H,3-6,11-12H2,1-2H3. The van der Waals surface area contributed by atoms with Crippen molar-refractivity contribution in [2.24, 2.45) is 11.8 Å². The lowest BCUT2D eigenvalue weighted by Gasteiger charge is -2.10. The number of Topliss-reactive ketones (excluding diaryl/α,β-unsaturated/α-hetero) is 1. The number of ketones is 1. The largest absolute Gasteiger partial charge is 0.494 e. The van der Waals surface area contributed by atoms with E-state index in [2.05, 4.69) is 13.8 Å². The maximum Gasteiger partial charge on any atom is 0.165 e. The maximum absolute atomic E-state index is 12.4. The van der Waals surface area contributed by atoms with Crippen molar-refractivity contribution in [2.45, 2.75) is 46.0 Å². The Morgan fingerprint density at radius 3 is 2.53 bits per heavy atom.